The number of rotatable bonds is 11. The summed E-state index contributed by atoms with van der Waals surface area (Å²) >= 11 is 0. The van der Waals surface area contributed by atoms with Crippen LogP contribution in [0.15, 0.2) is 48.5 Å². The average molecular weight is 671 g/mol. The molecule has 2 heterocycles. The maximum atomic E-state index is 14.8. The number of pyridine rings is 1. The van der Waals surface area contributed by atoms with E-state index >= 15 is 0 Å². The standard InChI is InChI=1S/C32H29F7N2O6/c1-3-26(43)41-29(31(34,35)36)16-46-28-21(29)15-25(40-27(28)17-4-7-19(33)8-5-17)30(44,32(37,38)39)13-12-22(42)18-6-11-23(24(14-18)45-2)47-20-9-10-20/h4-8,11,14-15,20,44H,3,9-10,12-13,16H2,1-2H3,(H,41,43)/t29-,30-/m0/s1. The number of nitrogens with zero attached hydrogens (tertiary/aromatic N) is 1. The second kappa shape index (κ2) is 12.3. The molecular weight excluding hydrogens is 641 g/mol. The van der Waals surface area contributed by atoms with E-state index < -0.39 is 89.6 Å². The van der Waals surface area contributed by atoms with Crippen LogP contribution in [0.1, 0.15) is 60.6 Å². The molecule has 15 heteroatoms. The van der Waals surface area contributed by atoms with Crippen LogP contribution in [-0.4, -0.2) is 54.0 Å². The van der Waals surface area contributed by atoms with E-state index in [4.69, 9.17) is 14.2 Å². The molecule has 0 spiro atoms. The van der Waals surface area contributed by atoms with Gasteiger partial charge in [-0.05, 0) is 67.8 Å². The van der Waals surface area contributed by atoms with Crippen molar-refractivity contribution in [1.29, 1.82) is 0 Å². The molecule has 2 aromatic carbocycles. The topological polar surface area (TPSA) is 107 Å². The first-order valence-electron chi connectivity index (χ1n) is 14.5. The van der Waals surface area contributed by atoms with Gasteiger partial charge >= 0.3 is 12.4 Å². The Morgan fingerprint density at radius 3 is 2.30 bits per heavy atom. The van der Waals surface area contributed by atoms with Gasteiger partial charge < -0.3 is 24.6 Å². The van der Waals surface area contributed by atoms with Crippen molar-refractivity contribution >= 4 is 11.7 Å². The molecule has 252 valence electrons. The van der Waals surface area contributed by atoms with Gasteiger partial charge in [-0.2, -0.15) is 26.3 Å². The molecule has 1 fully saturated rings. The Hall–Kier alpha value is -4.40. The van der Waals surface area contributed by atoms with E-state index in [1.54, 1.807) is 0 Å². The van der Waals surface area contributed by atoms with E-state index in [9.17, 15) is 45.4 Å². The fraction of sp³-hybridized carbons (Fsp3) is 0.406. The summed E-state index contributed by atoms with van der Waals surface area (Å²) in [5, 5.41) is 13.1. The summed E-state index contributed by atoms with van der Waals surface area (Å²) < 4.78 is 118. The normalized spacial score (nSPS) is 18.9. The van der Waals surface area contributed by atoms with Crippen molar-refractivity contribution in [1.82, 2.24) is 10.3 Å². The van der Waals surface area contributed by atoms with Gasteiger partial charge in [-0.1, -0.05) is 6.92 Å². The largest absolute Gasteiger partial charge is 0.493 e. The number of methoxy groups -OCH3 is 1. The lowest BCUT2D eigenvalue weighted by Gasteiger charge is -2.34. The number of ketones is 1. The third-order valence-corrected chi connectivity index (χ3v) is 8.05. The quantitative estimate of drug-likeness (QED) is 0.177. The fourth-order valence-corrected chi connectivity index (χ4v) is 5.16. The van der Waals surface area contributed by atoms with Crippen LogP contribution in [0.3, 0.4) is 0 Å². The Labute approximate surface area is 263 Å². The molecule has 0 unspecified atom stereocenters. The number of aromatic nitrogens is 1. The van der Waals surface area contributed by atoms with Crippen molar-refractivity contribution < 1.29 is 59.6 Å². The van der Waals surface area contributed by atoms with Crippen molar-refractivity contribution in [2.45, 2.75) is 68.6 Å². The van der Waals surface area contributed by atoms with Crippen LogP contribution in [0.2, 0.25) is 0 Å². The number of carbonyl (C=O) groups is 2. The molecule has 1 amide bonds. The van der Waals surface area contributed by atoms with Gasteiger partial charge in [0.25, 0.3) is 0 Å². The average Bonchev–Trinajstić information content (AvgIpc) is 3.76. The zero-order chi connectivity index (χ0) is 34.4. The zero-order valence-corrected chi connectivity index (χ0v) is 25.0. The lowest BCUT2D eigenvalue weighted by molar-refractivity contribution is -0.270. The van der Waals surface area contributed by atoms with Crippen molar-refractivity contribution in [3.63, 3.8) is 0 Å². The van der Waals surface area contributed by atoms with Crippen molar-refractivity contribution in [2.24, 2.45) is 0 Å². The van der Waals surface area contributed by atoms with Crippen LogP contribution in [0.5, 0.6) is 17.2 Å². The second-order valence-corrected chi connectivity index (χ2v) is 11.3. The predicted octanol–water partition coefficient (Wildman–Crippen LogP) is 6.53. The summed E-state index contributed by atoms with van der Waals surface area (Å²) in [6, 6.07) is 8.34. The molecule has 0 saturated heterocycles. The van der Waals surface area contributed by atoms with Gasteiger partial charge in [0.15, 0.2) is 28.6 Å². The summed E-state index contributed by atoms with van der Waals surface area (Å²) in [5.74, 6) is -2.80. The number of nitrogens with one attached hydrogen (secondary N) is 1. The number of aliphatic hydroxyl groups is 1. The minimum absolute atomic E-state index is 0.0105. The Bertz CT molecular complexity index is 1670. The van der Waals surface area contributed by atoms with Gasteiger partial charge in [0, 0.05) is 29.5 Å². The van der Waals surface area contributed by atoms with Crippen molar-refractivity contribution in [2.75, 3.05) is 13.7 Å². The minimum atomic E-state index is -5.55. The van der Waals surface area contributed by atoms with E-state index in [0.29, 0.717) is 11.8 Å². The molecular formula is C32H29F7N2O6. The number of amides is 1. The number of halogens is 7. The van der Waals surface area contributed by atoms with E-state index in [-0.39, 0.29) is 23.0 Å². The summed E-state index contributed by atoms with van der Waals surface area (Å²) in [4.78, 5) is 29.3. The van der Waals surface area contributed by atoms with Crippen LogP contribution in [0.4, 0.5) is 30.7 Å². The SMILES string of the molecule is CCC(=O)N[C@@]1(C(F)(F)F)COc2c1cc([C@@](O)(CCC(=O)c1ccc(OC3CC3)c(OC)c1)C(F)(F)F)nc2-c1ccc(F)cc1. The number of alkyl halides is 6. The molecule has 1 saturated carbocycles. The first-order chi connectivity index (χ1) is 22.0. The van der Waals surface area contributed by atoms with Gasteiger partial charge in [-0.15, -0.1) is 0 Å². The number of Topliss-reactive ketones (excluding diaryl/α,β-unsaturated/α-hetero) is 1. The molecule has 0 bridgehead atoms. The number of fused-ring (bicyclic) bond motifs is 1. The van der Waals surface area contributed by atoms with Crippen LogP contribution < -0.4 is 19.5 Å². The third-order valence-electron chi connectivity index (χ3n) is 8.05. The first kappa shape index (κ1) is 33.9. The smallest absolute Gasteiger partial charge is 0.422 e. The maximum absolute atomic E-state index is 14.8. The van der Waals surface area contributed by atoms with Crippen LogP contribution in [0.25, 0.3) is 11.3 Å². The first-order valence-corrected chi connectivity index (χ1v) is 14.5. The number of benzene rings is 2. The lowest BCUT2D eigenvalue weighted by atomic mass is 9.84. The van der Waals surface area contributed by atoms with Gasteiger partial charge in [0.05, 0.1) is 18.9 Å². The molecule has 1 aliphatic heterocycles. The van der Waals surface area contributed by atoms with E-state index in [0.717, 1.165) is 37.1 Å². The molecule has 5 rings (SSSR count). The van der Waals surface area contributed by atoms with Gasteiger partial charge in [0.2, 0.25) is 11.5 Å². The molecule has 8 nitrogen and oxygen atoms in total. The molecule has 2 aliphatic rings. The van der Waals surface area contributed by atoms with Gasteiger partial charge in [0.1, 0.15) is 18.1 Å². The monoisotopic (exact) mass is 670 g/mol. The Kier molecular flexibility index (Phi) is 8.90. The molecule has 2 N–H and O–H groups in total. The second-order valence-electron chi connectivity index (χ2n) is 11.3. The zero-order valence-electron chi connectivity index (χ0n) is 25.0. The third kappa shape index (κ3) is 6.45. The van der Waals surface area contributed by atoms with E-state index in [1.807, 2.05) is 5.32 Å². The minimum Gasteiger partial charge on any atom is -0.493 e. The number of hydrogen-bond acceptors (Lipinski definition) is 7. The number of carbonyl (C=O) groups excluding carboxylic acids is 2. The highest BCUT2D eigenvalue weighted by atomic mass is 19.4. The summed E-state index contributed by atoms with van der Waals surface area (Å²) in [6.45, 7) is 0.0306. The molecule has 1 aliphatic carbocycles. The van der Waals surface area contributed by atoms with Crippen LogP contribution in [0, 0.1) is 5.82 Å². The molecule has 3 aromatic rings. The number of ether oxygens (including phenoxy) is 3. The maximum Gasteiger partial charge on any atom is 0.422 e. The molecule has 2 atom stereocenters. The summed E-state index contributed by atoms with van der Waals surface area (Å²) in [6.07, 6.45) is -11.8. The highest BCUT2D eigenvalue weighted by Gasteiger charge is 2.64. The summed E-state index contributed by atoms with van der Waals surface area (Å²) in [5.41, 5.74) is -10.3. The summed E-state index contributed by atoms with van der Waals surface area (Å²) in [7, 11) is 1.32. The Morgan fingerprint density at radius 2 is 1.72 bits per heavy atom. The highest BCUT2D eigenvalue weighted by molar-refractivity contribution is 5.96. The van der Waals surface area contributed by atoms with Crippen LogP contribution in [-0.2, 0) is 15.9 Å². The molecule has 1 aromatic heterocycles. The van der Waals surface area contributed by atoms with Gasteiger partial charge in [-0.25, -0.2) is 9.37 Å². The molecule has 47 heavy (non-hydrogen) atoms. The van der Waals surface area contributed by atoms with E-state index in [1.165, 1.54) is 32.2 Å². The highest BCUT2D eigenvalue weighted by Crippen LogP contribution is 2.53. The van der Waals surface area contributed by atoms with Crippen molar-refractivity contribution in [3.8, 4) is 28.5 Å². The predicted molar refractivity (Wildman–Crippen MR) is 151 cm³/mol. The Morgan fingerprint density at radius 1 is 1.04 bits per heavy atom. The van der Waals surface area contributed by atoms with Crippen LogP contribution >= 0.6 is 0 Å². The Balaban J connectivity index is 1.60. The van der Waals surface area contributed by atoms with E-state index in [2.05, 4.69) is 4.98 Å². The van der Waals surface area contributed by atoms with Gasteiger partial charge in [-0.3, -0.25) is 9.59 Å². The van der Waals surface area contributed by atoms with Crippen molar-refractivity contribution in [3.05, 3.63) is 71.2 Å². The number of hydrogen-bond donors (Lipinski definition) is 2. The molecule has 0 radical (unpaired) electrons. The fourth-order valence-electron chi connectivity index (χ4n) is 5.16. The lowest BCUT2D eigenvalue weighted by Crippen LogP contribution is -2.57.